The normalized spacial score (nSPS) is 31.4. The largest absolute Gasteiger partial charge is 0.385 e. The Balaban J connectivity index is 2.01. The topological polar surface area (TPSA) is 29.5 Å². The summed E-state index contributed by atoms with van der Waals surface area (Å²) in [5.41, 5.74) is -0.274. The molecule has 1 saturated carbocycles. The average molecular weight is 269 g/mol. The number of hydrogen-bond donors (Lipinski definition) is 1. The molecule has 0 aromatic carbocycles. The monoisotopic (exact) mass is 268 g/mol. The van der Waals surface area contributed by atoms with Gasteiger partial charge in [0.25, 0.3) is 0 Å². The molecule has 0 radical (unpaired) electrons. The molecule has 1 heterocycles. The lowest BCUT2D eigenvalue weighted by Gasteiger charge is -2.45. The summed E-state index contributed by atoms with van der Waals surface area (Å²) in [6.07, 6.45) is 4.41. The molecule has 0 aromatic rings. The minimum atomic E-state index is -3.53. The SMILES string of the molecule is OC(C1CCOC2(CCCCC2)C1)C(F)(F)Cl. The predicted molar refractivity (Wildman–Crippen MR) is 61.3 cm³/mol. The highest BCUT2D eigenvalue weighted by atomic mass is 35.5. The van der Waals surface area contributed by atoms with E-state index in [1.165, 1.54) is 6.42 Å². The van der Waals surface area contributed by atoms with Gasteiger partial charge < -0.3 is 9.84 Å². The van der Waals surface area contributed by atoms with E-state index in [2.05, 4.69) is 0 Å². The minimum absolute atomic E-state index is 0.274. The lowest BCUT2D eigenvalue weighted by atomic mass is 9.74. The van der Waals surface area contributed by atoms with Crippen molar-refractivity contribution in [3.05, 3.63) is 0 Å². The third-order valence-corrected chi connectivity index (χ3v) is 4.30. The van der Waals surface area contributed by atoms with Crippen LogP contribution in [0.5, 0.6) is 0 Å². The summed E-state index contributed by atoms with van der Waals surface area (Å²) in [6, 6.07) is 0. The first-order chi connectivity index (χ1) is 7.93. The fraction of sp³-hybridized carbons (Fsp3) is 1.00. The number of hydrogen-bond acceptors (Lipinski definition) is 2. The fourth-order valence-electron chi connectivity index (χ4n) is 3.15. The van der Waals surface area contributed by atoms with Crippen molar-refractivity contribution < 1.29 is 18.6 Å². The van der Waals surface area contributed by atoms with Crippen LogP contribution >= 0.6 is 11.6 Å². The Bertz CT molecular complexity index is 256. The van der Waals surface area contributed by atoms with Crippen molar-refractivity contribution in [1.82, 2.24) is 0 Å². The van der Waals surface area contributed by atoms with Crippen LogP contribution in [0, 0.1) is 5.92 Å². The van der Waals surface area contributed by atoms with Crippen molar-refractivity contribution in [3.63, 3.8) is 0 Å². The third-order valence-electron chi connectivity index (χ3n) is 4.08. The van der Waals surface area contributed by atoms with Crippen LogP contribution in [0.2, 0.25) is 0 Å². The molecule has 2 aliphatic rings. The highest BCUT2D eigenvalue weighted by Gasteiger charge is 2.47. The van der Waals surface area contributed by atoms with E-state index >= 15 is 0 Å². The molecule has 2 atom stereocenters. The summed E-state index contributed by atoms with van der Waals surface area (Å²) in [5, 5.41) is 6.06. The first-order valence-electron chi connectivity index (χ1n) is 6.32. The molecule has 0 bridgehead atoms. The Hall–Kier alpha value is 0.0700. The number of aliphatic hydroxyl groups is 1. The molecular formula is C12H19ClF2O2. The van der Waals surface area contributed by atoms with Crippen LogP contribution in [0.15, 0.2) is 0 Å². The molecule has 0 aromatic heterocycles. The maximum atomic E-state index is 12.9. The Morgan fingerprint density at radius 2 is 1.94 bits per heavy atom. The van der Waals surface area contributed by atoms with Gasteiger partial charge in [0.15, 0.2) is 0 Å². The molecule has 1 spiro atoms. The van der Waals surface area contributed by atoms with Gasteiger partial charge in [-0.2, -0.15) is 8.78 Å². The molecule has 5 heteroatoms. The third kappa shape index (κ3) is 3.09. The number of rotatable bonds is 2. The van der Waals surface area contributed by atoms with Crippen molar-refractivity contribution in [2.45, 2.75) is 62.0 Å². The van der Waals surface area contributed by atoms with Crippen LogP contribution in [0.3, 0.4) is 0 Å². The van der Waals surface area contributed by atoms with Crippen LogP contribution < -0.4 is 0 Å². The molecule has 2 fully saturated rings. The highest BCUT2D eigenvalue weighted by Crippen LogP contribution is 2.44. The number of alkyl halides is 3. The van der Waals surface area contributed by atoms with E-state index in [4.69, 9.17) is 16.3 Å². The van der Waals surface area contributed by atoms with Crippen LogP contribution in [-0.4, -0.2) is 28.8 Å². The zero-order valence-electron chi connectivity index (χ0n) is 9.80. The van der Waals surface area contributed by atoms with Gasteiger partial charge >= 0.3 is 5.38 Å². The second-order valence-electron chi connectivity index (χ2n) is 5.33. The first kappa shape index (κ1) is 13.5. The molecule has 1 saturated heterocycles. The molecule has 1 aliphatic heterocycles. The molecule has 2 rings (SSSR count). The Labute approximate surface area is 105 Å². The molecule has 1 aliphatic carbocycles. The molecule has 1 N–H and O–H groups in total. The van der Waals surface area contributed by atoms with Crippen LogP contribution in [0.1, 0.15) is 44.9 Å². The minimum Gasteiger partial charge on any atom is -0.385 e. The van der Waals surface area contributed by atoms with Gasteiger partial charge in [0.05, 0.1) is 5.60 Å². The van der Waals surface area contributed by atoms with Crippen molar-refractivity contribution in [1.29, 1.82) is 0 Å². The van der Waals surface area contributed by atoms with Gasteiger partial charge in [-0.05, 0) is 43.2 Å². The summed E-state index contributed by atoms with van der Waals surface area (Å²) in [7, 11) is 0. The predicted octanol–water partition coefficient (Wildman–Crippen LogP) is 3.31. The van der Waals surface area contributed by atoms with Gasteiger partial charge in [-0.25, -0.2) is 0 Å². The van der Waals surface area contributed by atoms with E-state index < -0.39 is 17.4 Å². The maximum absolute atomic E-state index is 12.9. The molecular weight excluding hydrogens is 250 g/mol. The van der Waals surface area contributed by atoms with Crippen LogP contribution in [0.25, 0.3) is 0 Å². The molecule has 0 amide bonds. The smallest absolute Gasteiger partial charge is 0.347 e. The van der Waals surface area contributed by atoms with Crippen molar-refractivity contribution in [3.8, 4) is 0 Å². The molecule has 2 unspecified atom stereocenters. The van der Waals surface area contributed by atoms with Crippen LogP contribution in [-0.2, 0) is 4.74 Å². The highest BCUT2D eigenvalue weighted by molar-refractivity contribution is 6.22. The quantitative estimate of drug-likeness (QED) is 0.779. The van der Waals surface area contributed by atoms with E-state index in [0.717, 1.165) is 25.7 Å². The van der Waals surface area contributed by atoms with Gasteiger partial charge in [0, 0.05) is 6.61 Å². The Morgan fingerprint density at radius 3 is 2.53 bits per heavy atom. The van der Waals surface area contributed by atoms with Crippen molar-refractivity contribution in [2.24, 2.45) is 5.92 Å². The van der Waals surface area contributed by atoms with Gasteiger partial charge in [0.1, 0.15) is 6.10 Å². The number of ether oxygens (including phenoxy) is 1. The summed E-state index contributed by atoms with van der Waals surface area (Å²) < 4.78 is 31.7. The summed E-state index contributed by atoms with van der Waals surface area (Å²) >= 11 is 4.92. The van der Waals surface area contributed by atoms with Crippen molar-refractivity contribution in [2.75, 3.05) is 6.61 Å². The molecule has 2 nitrogen and oxygen atoms in total. The lowest BCUT2D eigenvalue weighted by Crippen LogP contribution is -2.47. The summed E-state index contributed by atoms with van der Waals surface area (Å²) in [5.74, 6) is -0.450. The van der Waals surface area contributed by atoms with Gasteiger partial charge in [-0.15, -0.1) is 0 Å². The average Bonchev–Trinajstić information content (AvgIpc) is 2.28. The fourth-order valence-corrected chi connectivity index (χ4v) is 3.33. The van der Waals surface area contributed by atoms with Crippen LogP contribution in [0.4, 0.5) is 8.78 Å². The lowest BCUT2D eigenvalue weighted by molar-refractivity contribution is -0.157. The second-order valence-corrected chi connectivity index (χ2v) is 5.84. The van der Waals surface area contributed by atoms with E-state index in [9.17, 15) is 13.9 Å². The zero-order valence-corrected chi connectivity index (χ0v) is 10.6. The summed E-state index contributed by atoms with van der Waals surface area (Å²) in [6.45, 7) is 0.453. The molecule has 100 valence electrons. The maximum Gasteiger partial charge on any atom is 0.347 e. The number of aliphatic hydroxyl groups excluding tert-OH is 1. The number of halogens is 3. The zero-order chi connectivity index (χ0) is 12.5. The van der Waals surface area contributed by atoms with Gasteiger partial charge in [-0.1, -0.05) is 19.3 Å². The Morgan fingerprint density at radius 1 is 1.29 bits per heavy atom. The second kappa shape index (κ2) is 4.98. The Kier molecular flexibility index (Phi) is 3.96. The van der Waals surface area contributed by atoms with E-state index in [-0.39, 0.29) is 5.60 Å². The molecule has 17 heavy (non-hydrogen) atoms. The van der Waals surface area contributed by atoms with E-state index in [1.807, 2.05) is 0 Å². The van der Waals surface area contributed by atoms with Gasteiger partial charge in [0.2, 0.25) is 0 Å². The van der Waals surface area contributed by atoms with Gasteiger partial charge in [-0.3, -0.25) is 0 Å². The van der Waals surface area contributed by atoms with E-state index in [1.54, 1.807) is 0 Å². The van der Waals surface area contributed by atoms with Crippen molar-refractivity contribution >= 4 is 11.6 Å². The first-order valence-corrected chi connectivity index (χ1v) is 6.70. The summed E-state index contributed by atoms with van der Waals surface area (Å²) in [4.78, 5) is 0. The van der Waals surface area contributed by atoms with E-state index in [0.29, 0.717) is 19.4 Å². The standard InChI is InChI=1S/C12H19ClF2O2/c13-12(14,15)10(16)9-4-7-17-11(8-9)5-2-1-3-6-11/h9-10,16H,1-8H2.